The highest BCUT2D eigenvalue weighted by molar-refractivity contribution is 6.30. The zero-order valence-electron chi connectivity index (χ0n) is 12.7. The van der Waals surface area contributed by atoms with Gasteiger partial charge in [-0.1, -0.05) is 54.1 Å². The SMILES string of the molecule is CC(N)(C(=O)NCCCc1ccc(Cl)cc1)c1ccccc1. The van der Waals surface area contributed by atoms with Crippen molar-refractivity contribution in [2.24, 2.45) is 5.73 Å². The number of nitrogens with one attached hydrogen (secondary N) is 1. The van der Waals surface area contributed by atoms with E-state index in [-0.39, 0.29) is 5.91 Å². The fourth-order valence-corrected chi connectivity index (χ4v) is 2.37. The number of rotatable bonds is 6. The second-order valence-electron chi connectivity index (χ2n) is 5.55. The Kier molecular flexibility index (Phi) is 5.58. The molecule has 0 aromatic heterocycles. The van der Waals surface area contributed by atoms with Crippen LogP contribution in [-0.2, 0) is 16.8 Å². The summed E-state index contributed by atoms with van der Waals surface area (Å²) in [6.07, 6.45) is 1.75. The van der Waals surface area contributed by atoms with Crippen LogP contribution in [0.25, 0.3) is 0 Å². The van der Waals surface area contributed by atoms with Crippen LogP contribution in [0.5, 0.6) is 0 Å². The van der Waals surface area contributed by atoms with Gasteiger partial charge in [0.05, 0.1) is 0 Å². The van der Waals surface area contributed by atoms with Crippen molar-refractivity contribution in [2.75, 3.05) is 6.54 Å². The molecular weight excluding hydrogens is 296 g/mol. The normalized spacial score (nSPS) is 13.4. The first-order valence-electron chi connectivity index (χ1n) is 7.37. The predicted molar refractivity (Wildman–Crippen MR) is 90.8 cm³/mol. The summed E-state index contributed by atoms with van der Waals surface area (Å²) in [5.41, 5.74) is 7.17. The van der Waals surface area contributed by atoms with E-state index in [0.717, 1.165) is 23.4 Å². The lowest BCUT2D eigenvalue weighted by Gasteiger charge is -2.24. The van der Waals surface area contributed by atoms with Gasteiger partial charge in [-0.25, -0.2) is 0 Å². The fourth-order valence-electron chi connectivity index (χ4n) is 2.24. The minimum absolute atomic E-state index is 0.158. The van der Waals surface area contributed by atoms with Crippen LogP contribution in [0.1, 0.15) is 24.5 Å². The van der Waals surface area contributed by atoms with Crippen molar-refractivity contribution in [3.8, 4) is 0 Å². The Morgan fingerprint density at radius 2 is 1.77 bits per heavy atom. The monoisotopic (exact) mass is 316 g/mol. The average molecular weight is 317 g/mol. The lowest BCUT2D eigenvalue weighted by atomic mass is 9.92. The summed E-state index contributed by atoms with van der Waals surface area (Å²) >= 11 is 5.85. The summed E-state index contributed by atoms with van der Waals surface area (Å²) < 4.78 is 0. The summed E-state index contributed by atoms with van der Waals surface area (Å²) in [5, 5.41) is 3.65. The minimum Gasteiger partial charge on any atom is -0.354 e. The molecule has 0 aliphatic heterocycles. The van der Waals surface area contributed by atoms with Crippen molar-refractivity contribution in [1.29, 1.82) is 0 Å². The molecule has 0 bridgehead atoms. The molecule has 116 valence electrons. The average Bonchev–Trinajstić information content (AvgIpc) is 2.54. The van der Waals surface area contributed by atoms with E-state index in [2.05, 4.69) is 5.32 Å². The van der Waals surface area contributed by atoms with Crippen molar-refractivity contribution in [2.45, 2.75) is 25.3 Å². The molecule has 0 heterocycles. The van der Waals surface area contributed by atoms with Crippen molar-refractivity contribution in [1.82, 2.24) is 5.32 Å². The Balaban J connectivity index is 1.81. The molecule has 3 N–H and O–H groups in total. The van der Waals surface area contributed by atoms with Crippen LogP contribution in [0.15, 0.2) is 54.6 Å². The van der Waals surface area contributed by atoms with E-state index in [4.69, 9.17) is 17.3 Å². The number of hydrogen-bond donors (Lipinski definition) is 2. The lowest BCUT2D eigenvalue weighted by Crippen LogP contribution is -2.49. The summed E-state index contributed by atoms with van der Waals surface area (Å²) in [5.74, 6) is -0.158. The van der Waals surface area contributed by atoms with Crippen LogP contribution in [-0.4, -0.2) is 12.5 Å². The second kappa shape index (κ2) is 7.43. The van der Waals surface area contributed by atoms with Crippen LogP contribution >= 0.6 is 11.6 Å². The molecule has 0 spiro atoms. The highest BCUT2D eigenvalue weighted by atomic mass is 35.5. The maximum absolute atomic E-state index is 12.3. The minimum atomic E-state index is -1.01. The molecule has 0 saturated heterocycles. The Morgan fingerprint density at radius 1 is 1.14 bits per heavy atom. The van der Waals surface area contributed by atoms with E-state index in [1.54, 1.807) is 6.92 Å². The van der Waals surface area contributed by atoms with E-state index >= 15 is 0 Å². The standard InChI is InChI=1S/C18H21ClN2O/c1-18(20,15-7-3-2-4-8-15)17(22)21-13-5-6-14-9-11-16(19)12-10-14/h2-4,7-12H,5-6,13,20H2,1H3,(H,21,22). The Hall–Kier alpha value is -1.84. The molecule has 0 radical (unpaired) electrons. The largest absolute Gasteiger partial charge is 0.354 e. The number of halogens is 1. The van der Waals surface area contributed by atoms with E-state index < -0.39 is 5.54 Å². The van der Waals surface area contributed by atoms with Crippen molar-refractivity contribution >= 4 is 17.5 Å². The Labute approximate surface area is 136 Å². The van der Waals surface area contributed by atoms with E-state index in [9.17, 15) is 4.79 Å². The number of nitrogens with two attached hydrogens (primary N) is 1. The quantitative estimate of drug-likeness (QED) is 0.804. The summed E-state index contributed by atoms with van der Waals surface area (Å²) in [7, 11) is 0. The van der Waals surface area contributed by atoms with Gasteiger partial charge in [0, 0.05) is 11.6 Å². The lowest BCUT2D eigenvalue weighted by molar-refractivity contribution is -0.126. The Morgan fingerprint density at radius 3 is 2.41 bits per heavy atom. The number of carbonyl (C=O) groups excluding carboxylic acids is 1. The topological polar surface area (TPSA) is 55.1 Å². The summed E-state index contributed by atoms with van der Waals surface area (Å²) in [6.45, 7) is 2.33. The zero-order valence-corrected chi connectivity index (χ0v) is 13.4. The van der Waals surface area contributed by atoms with E-state index in [1.807, 2.05) is 54.6 Å². The molecule has 1 amide bonds. The van der Waals surface area contributed by atoms with Crippen LogP contribution in [0, 0.1) is 0 Å². The van der Waals surface area contributed by atoms with Gasteiger partial charge in [-0.05, 0) is 43.0 Å². The summed E-state index contributed by atoms with van der Waals surface area (Å²) in [6, 6.07) is 17.2. The third-order valence-corrected chi connectivity index (χ3v) is 3.94. The van der Waals surface area contributed by atoms with Gasteiger partial charge in [0.15, 0.2) is 0 Å². The molecule has 2 rings (SSSR count). The molecule has 2 aromatic carbocycles. The maximum Gasteiger partial charge on any atom is 0.244 e. The van der Waals surface area contributed by atoms with Crippen molar-refractivity contribution < 1.29 is 4.79 Å². The third kappa shape index (κ3) is 4.33. The van der Waals surface area contributed by atoms with E-state index in [0.29, 0.717) is 6.54 Å². The smallest absolute Gasteiger partial charge is 0.244 e. The number of benzene rings is 2. The fraction of sp³-hybridized carbons (Fsp3) is 0.278. The second-order valence-corrected chi connectivity index (χ2v) is 5.99. The first-order chi connectivity index (χ1) is 10.5. The molecule has 4 heteroatoms. The van der Waals surface area contributed by atoms with Crippen molar-refractivity contribution in [3.05, 3.63) is 70.7 Å². The predicted octanol–water partition coefficient (Wildman–Crippen LogP) is 3.26. The molecule has 1 atom stereocenters. The third-order valence-electron chi connectivity index (χ3n) is 3.69. The summed E-state index contributed by atoms with van der Waals surface area (Å²) in [4.78, 5) is 12.3. The van der Waals surface area contributed by atoms with E-state index in [1.165, 1.54) is 5.56 Å². The van der Waals surface area contributed by atoms with Gasteiger partial charge in [-0.3, -0.25) is 4.79 Å². The zero-order chi connectivity index (χ0) is 16.0. The number of hydrogen-bond acceptors (Lipinski definition) is 2. The van der Waals surface area contributed by atoms with Gasteiger partial charge in [-0.15, -0.1) is 0 Å². The molecular formula is C18H21ClN2O. The highest BCUT2D eigenvalue weighted by Crippen LogP contribution is 2.17. The molecule has 0 aliphatic rings. The first-order valence-corrected chi connectivity index (χ1v) is 7.75. The molecule has 22 heavy (non-hydrogen) atoms. The van der Waals surface area contributed by atoms with Gasteiger partial charge in [0.2, 0.25) is 5.91 Å². The Bertz CT molecular complexity index is 609. The molecule has 0 aliphatic carbocycles. The van der Waals surface area contributed by atoms with Crippen molar-refractivity contribution in [3.63, 3.8) is 0 Å². The number of aryl methyl sites for hydroxylation is 1. The van der Waals surface area contributed by atoms with Gasteiger partial charge in [0.25, 0.3) is 0 Å². The van der Waals surface area contributed by atoms with Gasteiger partial charge in [0.1, 0.15) is 5.54 Å². The van der Waals surface area contributed by atoms with Gasteiger partial charge < -0.3 is 11.1 Å². The molecule has 3 nitrogen and oxygen atoms in total. The molecule has 0 fully saturated rings. The van der Waals surface area contributed by atoms with Crippen LogP contribution in [0.4, 0.5) is 0 Å². The molecule has 1 unspecified atom stereocenters. The van der Waals surface area contributed by atoms with Crippen LogP contribution < -0.4 is 11.1 Å². The molecule has 2 aromatic rings. The van der Waals surface area contributed by atoms with Gasteiger partial charge in [-0.2, -0.15) is 0 Å². The number of amides is 1. The van der Waals surface area contributed by atoms with Gasteiger partial charge >= 0.3 is 0 Å². The molecule has 0 saturated carbocycles. The first kappa shape index (κ1) is 16.5. The van der Waals surface area contributed by atoms with Crippen LogP contribution in [0.2, 0.25) is 5.02 Å². The highest BCUT2D eigenvalue weighted by Gasteiger charge is 2.29. The van der Waals surface area contributed by atoms with Crippen LogP contribution in [0.3, 0.4) is 0 Å². The maximum atomic E-state index is 12.3. The number of carbonyl (C=O) groups is 1.